The Hall–Kier alpha value is -2.49. The molecule has 1 aliphatic heterocycles. The summed E-state index contributed by atoms with van der Waals surface area (Å²) in [6.07, 6.45) is 16.9. The molecule has 4 heteroatoms. The van der Waals surface area contributed by atoms with Gasteiger partial charge in [-0.1, -0.05) is 55.9 Å². The van der Waals surface area contributed by atoms with Gasteiger partial charge in [-0.15, -0.1) is 0 Å². The normalized spacial score (nSPS) is 21.5. The van der Waals surface area contributed by atoms with Gasteiger partial charge in [-0.25, -0.2) is 4.90 Å². The second-order valence-corrected chi connectivity index (χ2v) is 7.88. The minimum atomic E-state index is -0.560. The highest BCUT2D eigenvalue weighted by Gasteiger charge is 2.33. The molecule has 0 atom stereocenters. The van der Waals surface area contributed by atoms with E-state index in [9.17, 15) is 14.4 Å². The highest BCUT2D eigenvalue weighted by atomic mass is 16.2. The zero-order valence-electron chi connectivity index (χ0n) is 16.7. The molecule has 0 aromatic heterocycles. The van der Waals surface area contributed by atoms with Gasteiger partial charge in [0, 0.05) is 18.9 Å². The predicted octanol–water partition coefficient (Wildman–Crippen LogP) is 4.80. The lowest BCUT2D eigenvalue weighted by atomic mass is 9.73. The third-order valence-corrected chi connectivity index (χ3v) is 5.12. The number of allylic oxidation sites excluding steroid dienone is 9. The number of carbonyl (C=O) groups is 3. The number of nitrogens with zero attached hydrogens (tertiary/aromatic N) is 1. The third kappa shape index (κ3) is 5.49. The minimum absolute atomic E-state index is 0.120. The minimum Gasteiger partial charge on any atom is -0.274 e. The maximum Gasteiger partial charge on any atom is 0.260 e. The van der Waals surface area contributed by atoms with E-state index < -0.39 is 17.7 Å². The van der Waals surface area contributed by atoms with Crippen molar-refractivity contribution in [2.45, 2.75) is 59.8 Å². The summed E-state index contributed by atoms with van der Waals surface area (Å²) >= 11 is 0. The van der Waals surface area contributed by atoms with Crippen LogP contribution in [0.15, 0.2) is 59.3 Å². The largest absolute Gasteiger partial charge is 0.274 e. The van der Waals surface area contributed by atoms with Gasteiger partial charge < -0.3 is 0 Å². The van der Waals surface area contributed by atoms with Gasteiger partial charge in [0.15, 0.2) is 0 Å². The fourth-order valence-electron chi connectivity index (χ4n) is 3.63. The number of imide groups is 3. The van der Waals surface area contributed by atoms with Crippen molar-refractivity contribution in [3.63, 3.8) is 0 Å². The summed E-state index contributed by atoms with van der Waals surface area (Å²) in [4.78, 5) is 35.9. The van der Waals surface area contributed by atoms with Crippen LogP contribution in [-0.4, -0.2) is 22.6 Å². The van der Waals surface area contributed by atoms with E-state index in [1.165, 1.54) is 36.5 Å². The van der Waals surface area contributed by atoms with Gasteiger partial charge in [0.1, 0.15) is 0 Å². The number of hydrogen-bond donors (Lipinski definition) is 0. The fraction of sp³-hybridized carbons (Fsp3) is 0.435. The Labute approximate surface area is 162 Å². The Morgan fingerprint density at radius 2 is 1.63 bits per heavy atom. The van der Waals surface area contributed by atoms with Crippen LogP contribution in [0, 0.1) is 5.41 Å². The predicted molar refractivity (Wildman–Crippen MR) is 108 cm³/mol. The molecule has 2 rings (SSSR count). The smallest absolute Gasteiger partial charge is 0.260 e. The van der Waals surface area contributed by atoms with Gasteiger partial charge in [-0.3, -0.25) is 14.4 Å². The van der Waals surface area contributed by atoms with Crippen molar-refractivity contribution in [1.29, 1.82) is 0 Å². The Morgan fingerprint density at radius 1 is 1.00 bits per heavy atom. The molecule has 1 heterocycles. The molecule has 1 fully saturated rings. The van der Waals surface area contributed by atoms with Crippen LogP contribution in [0.2, 0.25) is 0 Å². The van der Waals surface area contributed by atoms with Crippen molar-refractivity contribution < 1.29 is 14.4 Å². The molecular weight excluding hydrogens is 338 g/mol. The molecule has 4 nitrogen and oxygen atoms in total. The van der Waals surface area contributed by atoms with Crippen LogP contribution >= 0.6 is 0 Å². The van der Waals surface area contributed by atoms with Gasteiger partial charge in [-0.2, -0.15) is 0 Å². The Morgan fingerprint density at radius 3 is 2.26 bits per heavy atom. The Kier molecular flexibility index (Phi) is 6.89. The van der Waals surface area contributed by atoms with Crippen molar-refractivity contribution in [3.8, 4) is 0 Å². The van der Waals surface area contributed by atoms with Gasteiger partial charge in [-0.05, 0) is 49.7 Å². The molecule has 0 radical (unpaired) electrons. The molecule has 0 aromatic rings. The number of amides is 3. The molecule has 0 saturated carbocycles. The van der Waals surface area contributed by atoms with Crippen LogP contribution in [-0.2, 0) is 14.4 Å². The van der Waals surface area contributed by atoms with Crippen LogP contribution in [0.4, 0.5) is 0 Å². The monoisotopic (exact) mass is 367 g/mol. The van der Waals surface area contributed by atoms with Gasteiger partial charge in [0.25, 0.3) is 5.91 Å². The number of hydrogen-bond acceptors (Lipinski definition) is 3. The number of rotatable bonds is 5. The molecule has 0 N–H and O–H groups in total. The second kappa shape index (κ2) is 8.94. The van der Waals surface area contributed by atoms with Crippen molar-refractivity contribution >= 4 is 17.7 Å². The van der Waals surface area contributed by atoms with E-state index in [0.29, 0.717) is 5.57 Å². The summed E-state index contributed by atoms with van der Waals surface area (Å²) in [5.74, 6) is -1.40. The molecule has 3 amide bonds. The summed E-state index contributed by atoms with van der Waals surface area (Å²) in [6, 6.07) is 0. The first kappa shape index (κ1) is 20.8. The van der Waals surface area contributed by atoms with Crippen molar-refractivity contribution in [2.75, 3.05) is 0 Å². The lowest BCUT2D eigenvalue weighted by Crippen LogP contribution is -2.34. The van der Waals surface area contributed by atoms with Crippen molar-refractivity contribution in [1.82, 2.24) is 4.90 Å². The first-order valence-corrected chi connectivity index (χ1v) is 9.52. The molecule has 27 heavy (non-hydrogen) atoms. The van der Waals surface area contributed by atoms with E-state index in [2.05, 4.69) is 26.8 Å². The Bertz CT molecular complexity index is 759. The quantitative estimate of drug-likeness (QED) is 0.398. The van der Waals surface area contributed by atoms with Crippen LogP contribution in [0.3, 0.4) is 0 Å². The molecule has 0 bridgehead atoms. The summed E-state index contributed by atoms with van der Waals surface area (Å²) in [7, 11) is 0. The van der Waals surface area contributed by atoms with E-state index >= 15 is 0 Å². The molecule has 144 valence electrons. The number of likely N-dealkylation sites (tertiary alicyclic amines) is 1. The van der Waals surface area contributed by atoms with Crippen molar-refractivity contribution in [3.05, 3.63) is 59.3 Å². The van der Waals surface area contributed by atoms with E-state index in [1.807, 2.05) is 24.3 Å². The highest BCUT2D eigenvalue weighted by molar-refractivity contribution is 6.17. The molecule has 1 aliphatic carbocycles. The summed E-state index contributed by atoms with van der Waals surface area (Å²) in [5, 5.41) is 0. The molecule has 0 unspecified atom stereocenters. The lowest BCUT2D eigenvalue weighted by Gasteiger charge is -2.32. The molecule has 0 aromatic carbocycles. The topological polar surface area (TPSA) is 54.5 Å². The summed E-state index contributed by atoms with van der Waals surface area (Å²) in [6.45, 7) is 8.56. The van der Waals surface area contributed by atoms with E-state index in [4.69, 9.17) is 0 Å². The average Bonchev–Trinajstić information content (AvgIpc) is 2.91. The first-order valence-electron chi connectivity index (χ1n) is 9.52. The molecule has 2 aliphatic rings. The second-order valence-electron chi connectivity index (χ2n) is 7.88. The summed E-state index contributed by atoms with van der Waals surface area (Å²) in [5.41, 5.74) is 3.80. The van der Waals surface area contributed by atoms with Crippen LogP contribution < -0.4 is 0 Å². The van der Waals surface area contributed by atoms with Crippen LogP contribution in [0.25, 0.3) is 0 Å². The zero-order chi connectivity index (χ0) is 20.0. The van der Waals surface area contributed by atoms with Gasteiger partial charge >= 0.3 is 0 Å². The average molecular weight is 367 g/mol. The van der Waals surface area contributed by atoms with Gasteiger partial charge in [0.2, 0.25) is 11.8 Å². The van der Waals surface area contributed by atoms with Crippen LogP contribution in [0.1, 0.15) is 59.8 Å². The zero-order valence-corrected chi connectivity index (χ0v) is 16.7. The SMILES string of the molecule is CC1=C(/C=C/C=C/C=C/C(C)=C\C(=O)N2C(=O)CCC2=O)C(C)(C)CCC1. The number of carbonyl (C=O) groups excluding carboxylic acids is 3. The van der Waals surface area contributed by atoms with Gasteiger partial charge in [0.05, 0.1) is 0 Å². The summed E-state index contributed by atoms with van der Waals surface area (Å²) < 4.78 is 0. The molecule has 0 spiro atoms. The standard InChI is InChI=1S/C23H29NO3/c1-17(16-22(27)24-20(25)13-14-21(24)26)10-7-5-6-8-12-19-18(2)11-9-15-23(19,3)4/h5-8,10,12,16H,9,11,13-15H2,1-4H3/b6-5+,10-7+,12-8+,17-16-. The van der Waals surface area contributed by atoms with E-state index in [1.54, 1.807) is 13.0 Å². The molecular formula is C23H29NO3. The lowest BCUT2D eigenvalue weighted by molar-refractivity contribution is -0.146. The van der Waals surface area contributed by atoms with Crippen molar-refractivity contribution in [2.24, 2.45) is 5.41 Å². The van der Waals surface area contributed by atoms with E-state index in [0.717, 1.165) is 4.90 Å². The molecule has 1 saturated heterocycles. The third-order valence-electron chi connectivity index (χ3n) is 5.12. The highest BCUT2D eigenvalue weighted by Crippen LogP contribution is 2.40. The van der Waals surface area contributed by atoms with Crippen LogP contribution in [0.5, 0.6) is 0 Å². The first-order chi connectivity index (χ1) is 12.7. The maximum atomic E-state index is 12.0. The maximum absolute atomic E-state index is 12.0. The van der Waals surface area contributed by atoms with E-state index in [-0.39, 0.29) is 18.3 Å². The fourth-order valence-corrected chi connectivity index (χ4v) is 3.63. The Balaban J connectivity index is 1.93.